The maximum Gasteiger partial charge on any atom is 0.0955 e. The molecule has 1 N–H and O–H groups in total. The summed E-state index contributed by atoms with van der Waals surface area (Å²) in [6.07, 6.45) is 6.51. The van der Waals surface area contributed by atoms with Crippen LogP contribution in [0.3, 0.4) is 0 Å². The van der Waals surface area contributed by atoms with Crippen LogP contribution in [-0.2, 0) is 13.1 Å². The third-order valence-electron chi connectivity index (χ3n) is 3.74. The zero-order valence-corrected chi connectivity index (χ0v) is 11.6. The van der Waals surface area contributed by atoms with E-state index in [1.807, 2.05) is 19.4 Å². The van der Waals surface area contributed by atoms with Crippen LogP contribution in [0.5, 0.6) is 0 Å². The van der Waals surface area contributed by atoms with Gasteiger partial charge in [0.2, 0.25) is 0 Å². The number of aromatic nitrogens is 3. The minimum Gasteiger partial charge on any atom is -0.329 e. The van der Waals surface area contributed by atoms with Crippen LogP contribution in [0, 0.1) is 13.8 Å². The first-order valence-corrected chi connectivity index (χ1v) is 6.88. The smallest absolute Gasteiger partial charge is 0.0955 e. The van der Waals surface area contributed by atoms with Crippen molar-refractivity contribution in [2.24, 2.45) is 0 Å². The molecule has 100 valence electrons. The van der Waals surface area contributed by atoms with Gasteiger partial charge in [0.25, 0.3) is 0 Å². The van der Waals surface area contributed by atoms with Gasteiger partial charge in [0.05, 0.1) is 24.3 Å². The van der Waals surface area contributed by atoms with E-state index >= 15 is 0 Å². The fourth-order valence-electron chi connectivity index (χ4n) is 2.08. The standard InChI is InChI=1S/C15H20N4/c1-11-12(2)19(10-18-11)9-15-4-3-13(8-17-15)7-16-14-5-6-14/h3-4,8,10,14,16H,5-7,9H2,1-2H3. The Morgan fingerprint density at radius 2 is 2.11 bits per heavy atom. The number of aryl methyl sites for hydroxylation is 1. The molecule has 2 aromatic rings. The lowest BCUT2D eigenvalue weighted by Crippen LogP contribution is -2.15. The van der Waals surface area contributed by atoms with Gasteiger partial charge in [-0.2, -0.15) is 0 Å². The predicted octanol–water partition coefficient (Wildman–Crippen LogP) is 2.20. The summed E-state index contributed by atoms with van der Waals surface area (Å²) in [7, 11) is 0. The summed E-state index contributed by atoms with van der Waals surface area (Å²) in [5, 5.41) is 3.50. The van der Waals surface area contributed by atoms with E-state index in [1.165, 1.54) is 24.1 Å². The van der Waals surface area contributed by atoms with Crippen molar-refractivity contribution < 1.29 is 0 Å². The molecule has 19 heavy (non-hydrogen) atoms. The highest BCUT2D eigenvalue weighted by molar-refractivity contribution is 5.16. The molecule has 2 heterocycles. The van der Waals surface area contributed by atoms with Crippen molar-refractivity contribution in [1.29, 1.82) is 0 Å². The third kappa shape index (κ3) is 3.01. The molecule has 1 saturated carbocycles. The fraction of sp³-hybridized carbons (Fsp3) is 0.467. The molecule has 0 atom stereocenters. The van der Waals surface area contributed by atoms with Crippen LogP contribution in [0.4, 0.5) is 0 Å². The van der Waals surface area contributed by atoms with Crippen LogP contribution in [0.2, 0.25) is 0 Å². The van der Waals surface area contributed by atoms with E-state index in [9.17, 15) is 0 Å². The average Bonchev–Trinajstić information content (AvgIpc) is 3.20. The van der Waals surface area contributed by atoms with Crippen LogP contribution < -0.4 is 5.32 Å². The first kappa shape index (κ1) is 12.4. The van der Waals surface area contributed by atoms with Crippen molar-refractivity contribution in [2.45, 2.75) is 45.8 Å². The lowest BCUT2D eigenvalue weighted by Gasteiger charge is -2.07. The highest BCUT2D eigenvalue weighted by Crippen LogP contribution is 2.19. The first-order chi connectivity index (χ1) is 9.22. The average molecular weight is 256 g/mol. The highest BCUT2D eigenvalue weighted by atomic mass is 15.1. The SMILES string of the molecule is Cc1ncn(Cc2ccc(CNC3CC3)cn2)c1C. The Morgan fingerprint density at radius 3 is 2.68 bits per heavy atom. The maximum absolute atomic E-state index is 4.53. The molecule has 2 aromatic heterocycles. The molecule has 1 fully saturated rings. The van der Waals surface area contributed by atoms with Crippen LogP contribution in [0.25, 0.3) is 0 Å². The Hall–Kier alpha value is -1.68. The number of pyridine rings is 1. The second-order valence-electron chi connectivity index (χ2n) is 5.36. The quantitative estimate of drug-likeness (QED) is 0.891. The van der Waals surface area contributed by atoms with E-state index in [-0.39, 0.29) is 0 Å². The van der Waals surface area contributed by atoms with E-state index in [0.29, 0.717) is 0 Å². The molecule has 0 amide bonds. The molecule has 4 nitrogen and oxygen atoms in total. The van der Waals surface area contributed by atoms with Crippen molar-refractivity contribution in [1.82, 2.24) is 19.9 Å². The lowest BCUT2D eigenvalue weighted by molar-refractivity contribution is 0.683. The molecule has 0 aliphatic heterocycles. The maximum atomic E-state index is 4.53. The van der Waals surface area contributed by atoms with Gasteiger partial charge < -0.3 is 9.88 Å². The number of imidazole rings is 1. The first-order valence-electron chi connectivity index (χ1n) is 6.88. The van der Waals surface area contributed by atoms with Crippen molar-refractivity contribution >= 4 is 0 Å². The zero-order valence-electron chi connectivity index (χ0n) is 11.6. The number of nitrogens with one attached hydrogen (secondary N) is 1. The predicted molar refractivity (Wildman–Crippen MR) is 74.9 cm³/mol. The number of rotatable bonds is 5. The fourth-order valence-corrected chi connectivity index (χ4v) is 2.08. The molecule has 0 spiro atoms. The van der Waals surface area contributed by atoms with Gasteiger partial charge in [-0.15, -0.1) is 0 Å². The van der Waals surface area contributed by atoms with Crippen LogP contribution in [0.15, 0.2) is 24.7 Å². The molecule has 1 aliphatic carbocycles. The Kier molecular flexibility index (Phi) is 3.34. The highest BCUT2D eigenvalue weighted by Gasteiger charge is 2.19. The second-order valence-corrected chi connectivity index (χ2v) is 5.36. The molecule has 0 bridgehead atoms. The Labute approximate surface area is 113 Å². The molecule has 3 rings (SSSR count). The molecule has 1 aliphatic rings. The van der Waals surface area contributed by atoms with E-state index < -0.39 is 0 Å². The van der Waals surface area contributed by atoms with Gasteiger partial charge in [0.1, 0.15) is 0 Å². The van der Waals surface area contributed by atoms with E-state index in [0.717, 1.165) is 30.5 Å². The van der Waals surface area contributed by atoms with Gasteiger partial charge in [-0.05, 0) is 38.3 Å². The molecule has 0 aromatic carbocycles. The van der Waals surface area contributed by atoms with E-state index in [1.54, 1.807) is 0 Å². The Balaban J connectivity index is 1.63. The molecular formula is C15H20N4. The summed E-state index contributed by atoms with van der Waals surface area (Å²) < 4.78 is 2.14. The molecule has 4 heteroatoms. The Morgan fingerprint density at radius 1 is 1.26 bits per heavy atom. The minimum atomic E-state index is 0.747. The molecule has 0 radical (unpaired) electrons. The summed E-state index contributed by atoms with van der Waals surface area (Å²) >= 11 is 0. The van der Waals surface area contributed by atoms with Crippen LogP contribution >= 0.6 is 0 Å². The summed E-state index contributed by atoms with van der Waals surface area (Å²) in [5.41, 5.74) is 4.64. The molecule has 0 unspecified atom stereocenters. The van der Waals surface area contributed by atoms with Crippen molar-refractivity contribution in [3.8, 4) is 0 Å². The van der Waals surface area contributed by atoms with Crippen molar-refractivity contribution in [3.05, 3.63) is 47.3 Å². The van der Waals surface area contributed by atoms with Gasteiger partial charge >= 0.3 is 0 Å². The topological polar surface area (TPSA) is 42.7 Å². The number of hydrogen-bond donors (Lipinski definition) is 1. The van der Waals surface area contributed by atoms with Crippen LogP contribution in [0.1, 0.15) is 35.5 Å². The van der Waals surface area contributed by atoms with E-state index in [2.05, 4.69) is 38.9 Å². The van der Waals surface area contributed by atoms with Gasteiger partial charge in [-0.3, -0.25) is 4.98 Å². The number of nitrogens with zero attached hydrogens (tertiary/aromatic N) is 3. The summed E-state index contributed by atoms with van der Waals surface area (Å²) in [4.78, 5) is 8.84. The lowest BCUT2D eigenvalue weighted by atomic mass is 10.2. The van der Waals surface area contributed by atoms with Gasteiger partial charge in [-0.25, -0.2) is 4.98 Å². The van der Waals surface area contributed by atoms with Crippen molar-refractivity contribution in [3.63, 3.8) is 0 Å². The largest absolute Gasteiger partial charge is 0.329 e. The summed E-state index contributed by atoms with van der Waals surface area (Å²) in [5.74, 6) is 0. The summed E-state index contributed by atoms with van der Waals surface area (Å²) in [6, 6.07) is 5.02. The van der Waals surface area contributed by atoms with Crippen molar-refractivity contribution in [2.75, 3.05) is 0 Å². The van der Waals surface area contributed by atoms with Gasteiger partial charge in [0.15, 0.2) is 0 Å². The van der Waals surface area contributed by atoms with Crippen LogP contribution in [-0.4, -0.2) is 20.6 Å². The third-order valence-corrected chi connectivity index (χ3v) is 3.74. The molecule has 0 saturated heterocycles. The number of hydrogen-bond acceptors (Lipinski definition) is 3. The second kappa shape index (κ2) is 5.13. The molecular weight excluding hydrogens is 236 g/mol. The van der Waals surface area contributed by atoms with Gasteiger partial charge in [-0.1, -0.05) is 6.07 Å². The Bertz CT molecular complexity index is 552. The van der Waals surface area contributed by atoms with E-state index in [4.69, 9.17) is 0 Å². The monoisotopic (exact) mass is 256 g/mol. The normalized spacial score (nSPS) is 14.8. The van der Waals surface area contributed by atoms with Gasteiger partial charge in [0, 0.05) is 24.5 Å². The summed E-state index contributed by atoms with van der Waals surface area (Å²) in [6.45, 7) is 5.85. The minimum absolute atomic E-state index is 0.747. The zero-order chi connectivity index (χ0) is 13.2.